The molecule has 6 rings (SSSR count). The van der Waals surface area contributed by atoms with E-state index in [2.05, 4.69) is 20.4 Å². The zero-order valence-corrected chi connectivity index (χ0v) is 23.6. The Morgan fingerprint density at radius 3 is 2.49 bits per heavy atom. The highest BCUT2D eigenvalue weighted by Gasteiger charge is 2.59. The van der Waals surface area contributed by atoms with Crippen molar-refractivity contribution in [3.63, 3.8) is 0 Å². The van der Waals surface area contributed by atoms with E-state index < -0.39 is 11.6 Å². The number of benzene rings is 1. The van der Waals surface area contributed by atoms with Crippen molar-refractivity contribution < 1.29 is 23.8 Å². The molecule has 2 aliphatic rings. The number of rotatable bonds is 8. The first-order valence-electron chi connectivity index (χ1n) is 13.3. The number of amides is 2. The summed E-state index contributed by atoms with van der Waals surface area (Å²) in [4.78, 5) is 35.7. The van der Waals surface area contributed by atoms with Crippen molar-refractivity contribution in [1.29, 1.82) is 0 Å². The number of aryl methyl sites for hydroxylation is 1. The van der Waals surface area contributed by atoms with Gasteiger partial charge in [-0.25, -0.2) is 19.2 Å². The van der Waals surface area contributed by atoms with Crippen LogP contribution in [0.2, 0.25) is 0 Å². The third kappa shape index (κ3) is 5.26. The topological polar surface area (TPSA) is 122 Å². The number of pyridine rings is 1. The first-order chi connectivity index (χ1) is 19.6. The van der Waals surface area contributed by atoms with E-state index in [0.29, 0.717) is 53.7 Å². The number of halogens is 1. The standard InChI is InChI=1S/C29H29FN6O4S/c1-4-36-24(11-22(34-36)23-14-41-15-31-23)27(37)35-12-19-20(13-35)26(19)40-25-10-17(29(2,3)33-28(38)39)9-21(32-25)16-5-7-18(30)8-6-16/h5-11,14-15,19-20,26,33H,4,12-13H2,1-3H3,(H,38,39)/t19-,20+,26-. The monoisotopic (exact) mass is 576 g/mol. The summed E-state index contributed by atoms with van der Waals surface area (Å²) >= 11 is 1.48. The Morgan fingerprint density at radius 2 is 1.85 bits per heavy atom. The van der Waals surface area contributed by atoms with Crippen molar-refractivity contribution in [2.45, 2.75) is 39.0 Å². The van der Waals surface area contributed by atoms with Crippen molar-refractivity contribution in [1.82, 2.24) is 30.0 Å². The highest BCUT2D eigenvalue weighted by atomic mass is 32.1. The molecular formula is C29H29FN6O4S. The maximum Gasteiger partial charge on any atom is 0.405 e. The lowest BCUT2D eigenvalue weighted by atomic mass is 9.93. The Bertz CT molecular complexity index is 1590. The highest BCUT2D eigenvalue weighted by Crippen LogP contribution is 2.48. The molecule has 1 aliphatic carbocycles. The summed E-state index contributed by atoms with van der Waals surface area (Å²) in [6.07, 6.45) is -1.26. The maximum absolute atomic E-state index is 13.6. The van der Waals surface area contributed by atoms with E-state index in [9.17, 15) is 19.1 Å². The predicted molar refractivity (Wildman–Crippen MR) is 150 cm³/mol. The highest BCUT2D eigenvalue weighted by molar-refractivity contribution is 7.07. The van der Waals surface area contributed by atoms with Crippen LogP contribution in [-0.4, -0.2) is 60.9 Å². The van der Waals surface area contributed by atoms with Gasteiger partial charge in [-0.2, -0.15) is 5.10 Å². The van der Waals surface area contributed by atoms with Gasteiger partial charge in [-0.3, -0.25) is 9.48 Å². The van der Waals surface area contributed by atoms with Gasteiger partial charge in [-0.05, 0) is 62.7 Å². The lowest BCUT2D eigenvalue weighted by Crippen LogP contribution is -2.40. The summed E-state index contributed by atoms with van der Waals surface area (Å²) in [7, 11) is 0. The molecule has 3 atom stereocenters. The second-order valence-electron chi connectivity index (χ2n) is 10.9. The third-order valence-corrected chi connectivity index (χ3v) is 8.32. The Hall–Kier alpha value is -4.32. The van der Waals surface area contributed by atoms with Crippen LogP contribution >= 0.6 is 11.3 Å². The molecule has 0 bridgehead atoms. The first-order valence-corrected chi connectivity index (χ1v) is 14.3. The average Bonchev–Trinajstić information content (AvgIpc) is 3.47. The van der Waals surface area contributed by atoms with E-state index in [4.69, 9.17) is 4.74 Å². The molecule has 4 aromatic rings. The molecule has 0 radical (unpaired) electrons. The van der Waals surface area contributed by atoms with Crippen molar-refractivity contribution in [2.75, 3.05) is 13.1 Å². The molecule has 3 aromatic heterocycles. The quantitative estimate of drug-likeness (QED) is 0.307. The minimum atomic E-state index is -1.15. The van der Waals surface area contributed by atoms with E-state index in [1.54, 1.807) is 54.4 Å². The van der Waals surface area contributed by atoms with E-state index in [0.717, 1.165) is 5.69 Å². The van der Waals surface area contributed by atoms with Crippen LogP contribution in [0.25, 0.3) is 22.6 Å². The molecule has 0 spiro atoms. The maximum atomic E-state index is 13.6. The molecule has 1 saturated heterocycles. The number of likely N-dealkylation sites (tertiary alicyclic amines) is 1. The SMILES string of the molecule is CCn1nc(-c2cscn2)cc1C(=O)N1C[C@@H]2[C@H](C1)[C@@H]2Oc1cc(C(C)(C)NC(=O)O)cc(-c2ccc(F)cc2)n1. The predicted octanol–water partition coefficient (Wildman–Crippen LogP) is 4.88. The normalized spacial score (nSPS) is 19.6. The van der Waals surface area contributed by atoms with Gasteiger partial charge in [0.05, 0.1) is 16.7 Å². The molecule has 10 nitrogen and oxygen atoms in total. The minimum absolute atomic E-state index is 0.0630. The molecule has 1 aliphatic heterocycles. The number of nitrogens with one attached hydrogen (secondary N) is 1. The van der Waals surface area contributed by atoms with Crippen LogP contribution in [0.15, 0.2) is 53.4 Å². The summed E-state index contributed by atoms with van der Waals surface area (Å²) < 4.78 is 21.6. The van der Waals surface area contributed by atoms with Crippen LogP contribution < -0.4 is 10.1 Å². The third-order valence-electron chi connectivity index (χ3n) is 7.74. The molecule has 0 unspecified atom stereocenters. The number of carbonyl (C=O) groups excluding carboxylic acids is 1. The number of ether oxygens (including phenoxy) is 1. The van der Waals surface area contributed by atoms with Crippen LogP contribution in [0.4, 0.5) is 9.18 Å². The summed E-state index contributed by atoms with van der Waals surface area (Å²) in [5.41, 5.74) is 4.69. The van der Waals surface area contributed by atoms with Gasteiger partial charge in [0.15, 0.2) is 0 Å². The Kier molecular flexibility index (Phi) is 6.72. The van der Waals surface area contributed by atoms with Crippen molar-refractivity contribution >= 4 is 23.3 Å². The fraction of sp³-hybridized carbons (Fsp3) is 0.345. The van der Waals surface area contributed by atoms with Gasteiger partial charge in [0, 0.05) is 48.5 Å². The number of thiazole rings is 1. The van der Waals surface area contributed by atoms with Crippen molar-refractivity contribution in [2.24, 2.45) is 11.8 Å². The van der Waals surface area contributed by atoms with Gasteiger partial charge in [-0.1, -0.05) is 0 Å². The molecule has 2 fully saturated rings. The summed E-state index contributed by atoms with van der Waals surface area (Å²) in [6, 6.07) is 11.3. The molecule has 41 heavy (non-hydrogen) atoms. The van der Waals surface area contributed by atoms with E-state index in [1.807, 2.05) is 17.2 Å². The lowest BCUT2D eigenvalue weighted by molar-refractivity contribution is 0.0739. The van der Waals surface area contributed by atoms with Gasteiger partial charge in [0.2, 0.25) is 5.88 Å². The number of hydrogen-bond donors (Lipinski definition) is 2. The van der Waals surface area contributed by atoms with Gasteiger partial charge < -0.3 is 20.1 Å². The van der Waals surface area contributed by atoms with Gasteiger partial charge >= 0.3 is 6.09 Å². The second-order valence-corrected chi connectivity index (χ2v) is 11.6. The van der Waals surface area contributed by atoms with Gasteiger partial charge in [-0.15, -0.1) is 11.3 Å². The summed E-state index contributed by atoms with van der Waals surface area (Å²) in [5.74, 6) is 0.267. The number of piperidine rings is 1. The Balaban J connectivity index is 1.19. The number of nitrogens with zero attached hydrogens (tertiary/aromatic N) is 5. The Labute approximate surface area is 239 Å². The van der Waals surface area contributed by atoms with Crippen LogP contribution in [0.3, 0.4) is 0 Å². The Morgan fingerprint density at radius 1 is 1.12 bits per heavy atom. The largest absolute Gasteiger partial charge is 0.474 e. The van der Waals surface area contributed by atoms with E-state index >= 15 is 0 Å². The number of carbonyl (C=O) groups is 2. The van der Waals surface area contributed by atoms with Crippen LogP contribution in [0, 0.1) is 17.7 Å². The number of hydrogen-bond acceptors (Lipinski definition) is 7. The molecule has 4 heterocycles. The lowest BCUT2D eigenvalue weighted by Gasteiger charge is -2.26. The molecule has 2 amide bonds. The smallest absolute Gasteiger partial charge is 0.405 e. The molecule has 12 heteroatoms. The summed E-state index contributed by atoms with van der Waals surface area (Å²) in [6.45, 7) is 7.16. The molecular weight excluding hydrogens is 547 g/mol. The minimum Gasteiger partial charge on any atom is -0.474 e. The zero-order chi connectivity index (χ0) is 28.9. The van der Waals surface area contributed by atoms with Crippen molar-refractivity contribution in [3.05, 3.63) is 70.4 Å². The molecule has 1 aromatic carbocycles. The number of aromatic nitrogens is 4. The van der Waals surface area contributed by atoms with Crippen LogP contribution in [-0.2, 0) is 12.1 Å². The summed E-state index contributed by atoms with van der Waals surface area (Å²) in [5, 5.41) is 18.4. The average molecular weight is 577 g/mol. The van der Waals surface area contributed by atoms with Crippen LogP contribution in [0.1, 0.15) is 36.8 Å². The zero-order valence-electron chi connectivity index (χ0n) is 22.7. The van der Waals surface area contributed by atoms with Gasteiger partial charge in [0.1, 0.15) is 29.0 Å². The number of carboxylic acid groups (broad SMARTS) is 1. The molecule has 212 valence electrons. The second kappa shape index (κ2) is 10.3. The van der Waals surface area contributed by atoms with E-state index in [1.165, 1.54) is 23.5 Å². The van der Waals surface area contributed by atoms with E-state index in [-0.39, 0.29) is 29.7 Å². The van der Waals surface area contributed by atoms with Gasteiger partial charge in [0.25, 0.3) is 5.91 Å². The molecule has 1 saturated carbocycles. The van der Waals surface area contributed by atoms with Crippen LogP contribution in [0.5, 0.6) is 5.88 Å². The first kappa shape index (κ1) is 26.9. The number of fused-ring (bicyclic) bond motifs is 1. The fourth-order valence-electron chi connectivity index (χ4n) is 5.44. The molecule has 2 N–H and O–H groups in total. The van der Waals surface area contributed by atoms with Crippen molar-refractivity contribution in [3.8, 4) is 28.5 Å². The fourth-order valence-corrected chi connectivity index (χ4v) is 5.99.